The van der Waals surface area contributed by atoms with Crippen LogP contribution in [0, 0.1) is 0 Å². The van der Waals surface area contributed by atoms with E-state index >= 15 is 0 Å². The molecule has 0 radical (unpaired) electrons. The predicted octanol–water partition coefficient (Wildman–Crippen LogP) is 0.906. The van der Waals surface area contributed by atoms with Crippen LogP contribution in [-0.2, 0) is 0 Å². The van der Waals surface area contributed by atoms with Crippen molar-refractivity contribution in [2.24, 2.45) is 0 Å². The van der Waals surface area contributed by atoms with E-state index in [9.17, 15) is 4.79 Å². The van der Waals surface area contributed by atoms with Crippen molar-refractivity contribution in [3.05, 3.63) is 30.7 Å². The normalized spacial score (nSPS) is 9.87. The summed E-state index contributed by atoms with van der Waals surface area (Å²) >= 11 is 0. The summed E-state index contributed by atoms with van der Waals surface area (Å²) < 4.78 is 4.87. The maximum atomic E-state index is 10.5. The van der Waals surface area contributed by atoms with E-state index in [2.05, 4.69) is 20.3 Å². The van der Waals surface area contributed by atoms with Gasteiger partial charge in [0, 0.05) is 0 Å². The van der Waals surface area contributed by atoms with Crippen LogP contribution in [0.25, 0.3) is 0 Å². The quantitative estimate of drug-likeness (QED) is 0.769. The lowest BCUT2D eigenvalue weighted by atomic mass is 10.5. The summed E-state index contributed by atoms with van der Waals surface area (Å²) in [5.41, 5.74) is 0.408. The van der Waals surface area contributed by atoms with E-state index in [1.54, 1.807) is 0 Å². The Hall–Kier alpha value is -2.44. The number of nitrogens with one attached hydrogen (secondary N) is 1. The fraction of sp³-hybridized carbons (Fsp3) is 0. The number of oxazole rings is 1. The lowest BCUT2D eigenvalue weighted by Crippen LogP contribution is -1.97. The van der Waals surface area contributed by atoms with Gasteiger partial charge in [-0.3, -0.25) is 0 Å². The van der Waals surface area contributed by atoms with Crippen LogP contribution in [0.1, 0.15) is 10.5 Å². The Morgan fingerprint density at radius 3 is 2.73 bits per heavy atom. The summed E-state index contributed by atoms with van der Waals surface area (Å²) in [7, 11) is 0. The Balaban J connectivity index is 2.15. The van der Waals surface area contributed by atoms with Crippen molar-refractivity contribution in [3.63, 3.8) is 0 Å². The van der Waals surface area contributed by atoms with Crippen LogP contribution in [0.3, 0.4) is 0 Å². The zero-order valence-electron chi connectivity index (χ0n) is 7.41. The molecule has 0 saturated carbocycles. The average molecular weight is 206 g/mol. The molecule has 2 aromatic heterocycles. The molecule has 0 bridgehead atoms. The molecule has 0 aromatic carbocycles. The molecule has 76 valence electrons. The summed E-state index contributed by atoms with van der Waals surface area (Å²) in [5.74, 6) is -1.14. The molecular weight excluding hydrogens is 200 g/mol. The second kappa shape index (κ2) is 3.74. The number of carbonyl (C=O) groups is 1. The second-order valence-electron chi connectivity index (χ2n) is 2.60. The zero-order valence-corrected chi connectivity index (χ0v) is 7.41. The molecule has 0 saturated heterocycles. The average Bonchev–Trinajstić information content (AvgIpc) is 2.68. The SMILES string of the molecule is O=C(O)c1coc(Nc2cncnc2)n1. The number of carboxylic acid groups (broad SMARTS) is 1. The molecular formula is C8H6N4O3. The third-order valence-corrected chi connectivity index (χ3v) is 1.54. The molecule has 15 heavy (non-hydrogen) atoms. The highest BCUT2D eigenvalue weighted by Crippen LogP contribution is 2.13. The Labute approximate surface area is 83.8 Å². The first-order chi connectivity index (χ1) is 7.25. The van der Waals surface area contributed by atoms with Crippen LogP contribution in [0.15, 0.2) is 29.4 Å². The number of aromatic nitrogens is 3. The molecule has 0 unspecified atom stereocenters. The Morgan fingerprint density at radius 1 is 1.40 bits per heavy atom. The van der Waals surface area contributed by atoms with E-state index in [4.69, 9.17) is 9.52 Å². The number of hydrogen-bond acceptors (Lipinski definition) is 6. The number of carboxylic acids is 1. The number of anilines is 2. The van der Waals surface area contributed by atoms with Crippen molar-refractivity contribution in [3.8, 4) is 0 Å². The highest BCUT2D eigenvalue weighted by Gasteiger charge is 2.10. The highest BCUT2D eigenvalue weighted by atomic mass is 16.4. The first kappa shape index (κ1) is 9.13. The molecule has 7 heteroatoms. The van der Waals surface area contributed by atoms with Crippen LogP contribution in [0.4, 0.5) is 11.7 Å². The zero-order chi connectivity index (χ0) is 10.7. The standard InChI is InChI=1S/C8H6N4O3/c13-7(14)6-3-15-8(12-6)11-5-1-9-4-10-2-5/h1-4H,(H,11,12)(H,13,14). The minimum atomic E-state index is -1.14. The van der Waals surface area contributed by atoms with Crippen LogP contribution >= 0.6 is 0 Å². The maximum Gasteiger partial charge on any atom is 0.357 e. The van der Waals surface area contributed by atoms with Crippen LogP contribution in [0.2, 0.25) is 0 Å². The van der Waals surface area contributed by atoms with Crippen LogP contribution < -0.4 is 5.32 Å². The smallest absolute Gasteiger partial charge is 0.357 e. The minimum absolute atomic E-state index is 0.0854. The molecule has 2 N–H and O–H groups in total. The largest absolute Gasteiger partial charge is 0.476 e. The molecule has 7 nitrogen and oxygen atoms in total. The number of hydrogen-bond donors (Lipinski definition) is 2. The van der Waals surface area contributed by atoms with Gasteiger partial charge < -0.3 is 14.8 Å². The lowest BCUT2D eigenvalue weighted by molar-refractivity contribution is 0.0690. The molecule has 2 heterocycles. The number of aromatic carboxylic acids is 1. The first-order valence-corrected chi connectivity index (χ1v) is 3.96. The molecule has 0 spiro atoms. The van der Waals surface area contributed by atoms with Gasteiger partial charge in [0.15, 0.2) is 5.69 Å². The summed E-state index contributed by atoms with van der Waals surface area (Å²) in [5, 5.41) is 11.3. The van der Waals surface area contributed by atoms with Gasteiger partial charge in [-0.1, -0.05) is 0 Å². The molecule has 0 fully saturated rings. The van der Waals surface area contributed by atoms with Gasteiger partial charge in [-0.25, -0.2) is 14.8 Å². The monoisotopic (exact) mass is 206 g/mol. The third kappa shape index (κ3) is 2.08. The van der Waals surface area contributed by atoms with Gasteiger partial charge in [0.05, 0.1) is 18.1 Å². The van der Waals surface area contributed by atoms with Crippen molar-refractivity contribution >= 4 is 17.7 Å². The van der Waals surface area contributed by atoms with Crippen molar-refractivity contribution in [1.82, 2.24) is 15.0 Å². The lowest BCUT2D eigenvalue weighted by Gasteiger charge is -1.97. The van der Waals surface area contributed by atoms with Crippen molar-refractivity contribution in [1.29, 1.82) is 0 Å². The fourth-order valence-electron chi connectivity index (χ4n) is 0.916. The Morgan fingerprint density at radius 2 is 2.13 bits per heavy atom. The summed E-state index contributed by atoms with van der Waals surface area (Å²) in [4.78, 5) is 21.7. The van der Waals surface area contributed by atoms with Crippen molar-refractivity contribution < 1.29 is 14.3 Å². The molecule has 0 aliphatic rings. The summed E-state index contributed by atoms with van der Waals surface area (Å²) in [6.07, 6.45) is 5.45. The van der Waals surface area contributed by atoms with E-state index in [1.165, 1.54) is 18.7 Å². The van der Waals surface area contributed by atoms with Gasteiger partial charge in [0.2, 0.25) is 0 Å². The molecule has 0 aliphatic carbocycles. The Bertz CT molecular complexity index is 468. The molecule has 0 amide bonds. The van der Waals surface area contributed by atoms with Gasteiger partial charge in [-0.15, -0.1) is 0 Å². The van der Waals surface area contributed by atoms with Crippen LogP contribution in [-0.4, -0.2) is 26.0 Å². The van der Waals surface area contributed by atoms with E-state index in [-0.39, 0.29) is 11.7 Å². The highest BCUT2D eigenvalue weighted by molar-refractivity contribution is 5.85. The van der Waals surface area contributed by atoms with Crippen molar-refractivity contribution in [2.45, 2.75) is 0 Å². The number of nitrogens with zero attached hydrogens (tertiary/aromatic N) is 3. The van der Waals surface area contributed by atoms with E-state index in [1.807, 2.05) is 0 Å². The second-order valence-corrected chi connectivity index (χ2v) is 2.60. The third-order valence-electron chi connectivity index (χ3n) is 1.54. The fourth-order valence-corrected chi connectivity index (χ4v) is 0.916. The molecule has 2 aromatic rings. The van der Waals surface area contributed by atoms with Gasteiger partial charge in [-0.2, -0.15) is 4.98 Å². The predicted molar refractivity (Wildman–Crippen MR) is 48.8 cm³/mol. The molecule has 0 atom stereocenters. The first-order valence-electron chi connectivity index (χ1n) is 3.96. The van der Waals surface area contributed by atoms with Gasteiger partial charge in [0.1, 0.15) is 12.6 Å². The van der Waals surface area contributed by atoms with E-state index < -0.39 is 5.97 Å². The van der Waals surface area contributed by atoms with Gasteiger partial charge in [-0.05, 0) is 0 Å². The maximum absolute atomic E-state index is 10.5. The van der Waals surface area contributed by atoms with Gasteiger partial charge in [0.25, 0.3) is 6.01 Å². The summed E-state index contributed by atoms with van der Waals surface area (Å²) in [6, 6.07) is 0.0854. The summed E-state index contributed by atoms with van der Waals surface area (Å²) in [6.45, 7) is 0. The molecule has 2 rings (SSSR count). The van der Waals surface area contributed by atoms with E-state index in [0.29, 0.717) is 5.69 Å². The molecule has 0 aliphatic heterocycles. The topological polar surface area (TPSA) is 101 Å². The van der Waals surface area contributed by atoms with Crippen molar-refractivity contribution in [2.75, 3.05) is 5.32 Å². The Kier molecular flexibility index (Phi) is 2.28. The van der Waals surface area contributed by atoms with E-state index in [0.717, 1.165) is 6.26 Å². The van der Waals surface area contributed by atoms with Crippen LogP contribution in [0.5, 0.6) is 0 Å². The number of rotatable bonds is 3. The van der Waals surface area contributed by atoms with Gasteiger partial charge >= 0.3 is 5.97 Å². The minimum Gasteiger partial charge on any atom is -0.476 e.